The minimum atomic E-state index is -2.61. The fraction of sp³-hybridized carbons (Fsp3) is 0.821. The summed E-state index contributed by atoms with van der Waals surface area (Å²) in [6.45, 7) is 14.3. The van der Waals surface area contributed by atoms with Crippen molar-refractivity contribution in [2.45, 2.75) is 350 Å². The van der Waals surface area contributed by atoms with Crippen molar-refractivity contribution in [1.82, 2.24) is 0 Å². The molecule has 0 radical (unpaired) electrons. The van der Waals surface area contributed by atoms with Crippen LogP contribution in [-0.2, 0) is 4.31 Å². The summed E-state index contributed by atoms with van der Waals surface area (Å²) in [4.78, 5) is 31.3. The molecule has 0 amide bonds. The maximum absolute atomic E-state index is 7.82. The van der Waals surface area contributed by atoms with Crippen LogP contribution in [0.1, 0.15) is 355 Å². The number of hydrogen-bond donors (Lipinski definition) is 4. The van der Waals surface area contributed by atoms with Crippen molar-refractivity contribution in [2.24, 2.45) is 5.92 Å². The highest BCUT2D eigenvalue weighted by atomic mass is 31.2. The molecule has 1 atom stereocenters. The van der Waals surface area contributed by atoms with Gasteiger partial charge >= 0.3 is 17.2 Å². The van der Waals surface area contributed by atoms with Gasteiger partial charge in [0.05, 0.1) is 0 Å². The molecule has 2 rings (SSSR count). The van der Waals surface area contributed by atoms with Crippen LogP contribution in [0.5, 0.6) is 0 Å². The Morgan fingerprint density at radius 1 is 0.365 bits per heavy atom. The van der Waals surface area contributed by atoms with Crippen LogP contribution in [0.4, 0.5) is 0 Å². The summed E-state index contributed by atoms with van der Waals surface area (Å²) in [5.41, 5.74) is 12.1. The van der Waals surface area contributed by atoms with Crippen LogP contribution in [0.3, 0.4) is 0 Å². The smallest absolute Gasteiger partial charge is 0.328 e. The van der Waals surface area contributed by atoms with E-state index in [9.17, 15) is 0 Å². The molecule has 0 aliphatic heterocycles. The van der Waals surface area contributed by atoms with Gasteiger partial charge in [-0.15, -0.1) is 0 Å². The molecule has 0 fully saturated rings. The third kappa shape index (κ3) is 38.6. The summed E-state index contributed by atoms with van der Waals surface area (Å²) in [7, 11) is -5.22. The molecule has 432 valence electrons. The zero-order chi connectivity index (χ0) is 54.0. The first-order chi connectivity index (χ1) is 36.2. The van der Waals surface area contributed by atoms with Crippen molar-refractivity contribution in [3.05, 3.63) is 63.8 Å². The van der Waals surface area contributed by atoms with E-state index in [1.54, 1.807) is 22.3 Å². The van der Waals surface area contributed by atoms with E-state index in [0.29, 0.717) is 5.92 Å². The second kappa shape index (κ2) is 52.8. The first-order valence-electron chi connectivity index (χ1n) is 32.5. The Balaban J connectivity index is 0.00000363. The van der Waals surface area contributed by atoms with E-state index in [2.05, 4.69) is 76.2 Å². The zero-order valence-electron chi connectivity index (χ0n) is 50.0. The molecule has 4 N–H and O–H groups in total. The molecule has 1 aromatic rings. The van der Waals surface area contributed by atoms with Gasteiger partial charge in [-0.1, -0.05) is 332 Å². The molecule has 1 aromatic carbocycles. The van der Waals surface area contributed by atoms with Gasteiger partial charge < -0.3 is 19.6 Å². The molecular weight excluding hydrogens is 947 g/mol. The minimum Gasteiger partial charge on any atom is -0.328 e. The van der Waals surface area contributed by atoms with E-state index in [0.717, 1.165) is 0 Å². The Morgan fingerprint density at radius 2 is 0.649 bits per heavy atom. The lowest BCUT2D eigenvalue weighted by Crippen LogP contribution is -2.21. The average Bonchev–Trinajstić information content (AvgIpc) is 3.38. The van der Waals surface area contributed by atoms with Crippen molar-refractivity contribution in [3.63, 3.8) is 0 Å². The van der Waals surface area contributed by atoms with Crippen LogP contribution in [0, 0.1) is 5.92 Å². The normalized spacial score (nSPS) is 14.0. The van der Waals surface area contributed by atoms with Crippen LogP contribution in [0.15, 0.2) is 58.2 Å². The van der Waals surface area contributed by atoms with Crippen LogP contribution in [0.25, 0.3) is 5.57 Å². The highest BCUT2D eigenvalue weighted by Crippen LogP contribution is 2.51. The van der Waals surface area contributed by atoms with E-state index >= 15 is 0 Å². The molecule has 0 saturated heterocycles. The topological polar surface area (TPSA) is 90.2 Å². The Labute approximate surface area is 463 Å². The average molecular weight is 1070 g/mol. The Morgan fingerprint density at radius 3 is 0.946 bits per heavy atom. The summed E-state index contributed by atoms with van der Waals surface area (Å²) >= 11 is 0. The molecule has 1 aliphatic carbocycles. The summed E-state index contributed by atoms with van der Waals surface area (Å²) in [5, 5.41) is 0. The van der Waals surface area contributed by atoms with Crippen molar-refractivity contribution < 1.29 is 23.9 Å². The lowest BCUT2D eigenvalue weighted by Gasteiger charge is -2.37. The van der Waals surface area contributed by atoms with Gasteiger partial charge in [0, 0.05) is 5.92 Å². The number of rotatable bonds is 51. The second-order valence-electron chi connectivity index (χ2n) is 23.0. The molecule has 0 bridgehead atoms. The van der Waals surface area contributed by atoms with Crippen molar-refractivity contribution in [3.8, 4) is 0 Å². The summed E-state index contributed by atoms with van der Waals surface area (Å²) in [6, 6.07) is 11.9. The van der Waals surface area contributed by atoms with Gasteiger partial charge in [0.15, 0.2) is 0 Å². The molecule has 5 nitrogen and oxygen atoms in total. The molecule has 0 aromatic heterocycles. The maximum Gasteiger partial charge on any atom is 0.334 e. The third-order valence-electron chi connectivity index (χ3n) is 16.0. The van der Waals surface area contributed by atoms with Gasteiger partial charge in [0.25, 0.3) is 0 Å². The van der Waals surface area contributed by atoms with E-state index in [1.165, 1.54) is 314 Å². The zero-order valence-corrected chi connectivity index (χ0v) is 51.8. The highest BCUT2D eigenvalue weighted by molar-refractivity contribution is 7.53. The van der Waals surface area contributed by atoms with E-state index in [4.69, 9.17) is 19.6 Å². The van der Waals surface area contributed by atoms with Gasteiger partial charge in [-0.2, -0.15) is 0 Å². The summed E-state index contributed by atoms with van der Waals surface area (Å²) in [6.07, 6.45) is 68.1. The SMILES string of the molecule is CCCCCCCCCCCCCC1=C(c2ccccc2)C(=C(C)C)C(CCCCCCCCCCCCC)C(CCCCCCCCCCCCC)=C1CCCCCCCCCCCCC.OP(O)OP(O)O. The van der Waals surface area contributed by atoms with E-state index in [-0.39, 0.29) is 0 Å². The molecule has 1 unspecified atom stereocenters. The van der Waals surface area contributed by atoms with Gasteiger partial charge in [-0.3, -0.25) is 0 Å². The molecule has 0 spiro atoms. The Bertz CT molecular complexity index is 1460. The molecular formula is C67H124O5P2. The monoisotopic (exact) mass is 1070 g/mol. The van der Waals surface area contributed by atoms with E-state index < -0.39 is 17.2 Å². The van der Waals surface area contributed by atoms with Crippen molar-refractivity contribution in [2.75, 3.05) is 0 Å². The largest absolute Gasteiger partial charge is 0.334 e. The van der Waals surface area contributed by atoms with Crippen LogP contribution >= 0.6 is 17.2 Å². The molecule has 7 heteroatoms. The third-order valence-corrected chi connectivity index (χ3v) is 17.2. The van der Waals surface area contributed by atoms with Gasteiger partial charge in [0.2, 0.25) is 0 Å². The minimum absolute atomic E-state index is 0.602. The number of benzene rings is 1. The lowest BCUT2D eigenvalue weighted by atomic mass is 9.67. The van der Waals surface area contributed by atoms with Gasteiger partial charge in [0.1, 0.15) is 0 Å². The van der Waals surface area contributed by atoms with Crippen molar-refractivity contribution in [1.29, 1.82) is 0 Å². The number of unbranched alkanes of at least 4 members (excludes halogenated alkanes) is 40. The fourth-order valence-corrected chi connectivity index (χ4v) is 12.3. The Hall–Kier alpha value is -0.900. The lowest BCUT2D eigenvalue weighted by molar-refractivity contribution is 0.324. The van der Waals surface area contributed by atoms with Crippen LogP contribution < -0.4 is 0 Å². The van der Waals surface area contributed by atoms with Crippen LogP contribution in [-0.4, -0.2) is 19.6 Å². The molecule has 0 saturated carbocycles. The van der Waals surface area contributed by atoms with Crippen molar-refractivity contribution >= 4 is 22.8 Å². The van der Waals surface area contributed by atoms with E-state index in [1.807, 2.05) is 11.1 Å². The molecule has 1 aliphatic rings. The number of allylic oxidation sites excluding steroid dienone is 6. The molecule has 74 heavy (non-hydrogen) atoms. The first-order valence-corrected chi connectivity index (χ1v) is 34.8. The maximum atomic E-state index is 7.82. The standard InChI is InChI=1S/C67H120.H4O5P2/c1-7-11-15-19-23-27-31-35-39-43-50-56-62-63(57-51-44-40-36-32-28-24-20-16-12-8-2)65(59-53-46-42-38-34-30-26-22-18-14-10-4)67(61-54-48-47-49-55-61)66(60(5)6)64(62)58-52-45-41-37-33-29-25-21-17-13-9-3;1-6(2)5-7(3)4/h47-49,54-55,64H,7-46,50-53,56-59H2,1-6H3;1-4H. The molecule has 0 heterocycles. The summed E-state index contributed by atoms with van der Waals surface area (Å²) in [5.74, 6) is 0.602. The fourth-order valence-electron chi connectivity index (χ4n) is 11.8. The van der Waals surface area contributed by atoms with Gasteiger partial charge in [-0.05, 0) is 86.6 Å². The summed E-state index contributed by atoms with van der Waals surface area (Å²) < 4.78 is 3.60. The predicted octanol–water partition coefficient (Wildman–Crippen LogP) is 23.9. The van der Waals surface area contributed by atoms with Gasteiger partial charge in [-0.25, -0.2) is 4.31 Å². The highest BCUT2D eigenvalue weighted by Gasteiger charge is 2.33. The quantitative estimate of drug-likeness (QED) is 0.0386. The van der Waals surface area contributed by atoms with Crippen LogP contribution in [0.2, 0.25) is 0 Å². The second-order valence-corrected chi connectivity index (χ2v) is 24.6. The predicted molar refractivity (Wildman–Crippen MR) is 330 cm³/mol. The first kappa shape index (κ1) is 71.1. The number of hydrogen-bond acceptors (Lipinski definition) is 5. The Kier molecular flexibility index (Phi) is 50.7.